The SMILES string of the molecule is O[B]Oc1cccnc1. The largest absolute Gasteiger partial charge is 0.569 e. The summed E-state index contributed by atoms with van der Waals surface area (Å²) in [5.74, 6) is 0.528. The van der Waals surface area contributed by atoms with Gasteiger partial charge in [-0.3, -0.25) is 4.98 Å². The summed E-state index contributed by atoms with van der Waals surface area (Å²) >= 11 is 0. The van der Waals surface area contributed by atoms with Crippen molar-refractivity contribution in [3.8, 4) is 5.75 Å². The molecule has 0 fully saturated rings. The van der Waals surface area contributed by atoms with Crippen molar-refractivity contribution < 1.29 is 9.68 Å². The lowest BCUT2D eigenvalue weighted by molar-refractivity contribution is 0.452. The molecule has 0 aliphatic heterocycles. The fraction of sp³-hybridized carbons (Fsp3) is 0. The Bertz CT molecular complexity index is 168. The smallest absolute Gasteiger partial charge is 0.536 e. The fourth-order valence-electron chi connectivity index (χ4n) is 0.478. The molecule has 0 aromatic carbocycles. The molecule has 1 aromatic heterocycles. The number of nitrogens with zero attached hydrogens (tertiary/aromatic N) is 1. The van der Waals surface area contributed by atoms with Gasteiger partial charge < -0.3 is 9.68 Å². The molecule has 3 nitrogen and oxygen atoms in total. The Labute approximate surface area is 53.6 Å². The van der Waals surface area contributed by atoms with Gasteiger partial charge in [-0.25, -0.2) is 0 Å². The van der Waals surface area contributed by atoms with E-state index in [4.69, 9.17) is 5.02 Å². The minimum Gasteiger partial charge on any atom is -0.536 e. The lowest BCUT2D eigenvalue weighted by Gasteiger charge is -1.96. The van der Waals surface area contributed by atoms with E-state index in [1.54, 1.807) is 18.3 Å². The zero-order chi connectivity index (χ0) is 6.53. The highest BCUT2D eigenvalue weighted by Gasteiger charge is 1.89. The van der Waals surface area contributed by atoms with E-state index in [0.29, 0.717) is 13.4 Å². The molecule has 0 amide bonds. The van der Waals surface area contributed by atoms with Gasteiger partial charge in [0.2, 0.25) is 0 Å². The fourth-order valence-corrected chi connectivity index (χ4v) is 0.478. The first-order valence-electron chi connectivity index (χ1n) is 2.46. The quantitative estimate of drug-likeness (QED) is 0.560. The summed E-state index contributed by atoms with van der Waals surface area (Å²) in [6.07, 6.45) is 3.14. The molecule has 0 spiro atoms. The Morgan fingerprint density at radius 2 is 2.56 bits per heavy atom. The highest BCUT2D eigenvalue weighted by atomic mass is 16.5. The summed E-state index contributed by atoms with van der Waals surface area (Å²) in [6, 6.07) is 3.42. The molecule has 0 bridgehead atoms. The van der Waals surface area contributed by atoms with Gasteiger partial charge in [0.25, 0.3) is 0 Å². The summed E-state index contributed by atoms with van der Waals surface area (Å²) in [4.78, 5) is 3.75. The van der Waals surface area contributed by atoms with Crippen molar-refractivity contribution in [1.29, 1.82) is 0 Å². The third-order valence-electron chi connectivity index (χ3n) is 0.823. The minimum absolute atomic E-state index is 0.528. The predicted molar refractivity (Wildman–Crippen MR) is 32.8 cm³/mol. The number of pyridine rings is 1. The Morgan fingerprint density at radius 1 is 1.67 bits per heavy atom. The van der Waals surface area contributed by atoms with E-state index in [1.165, 1.54) is 6.20 Å². The molecule has 1 rings (SSSR count). The molecular weight excluding hydrogens is 117 g/mol. The van der Waals surface area contributed by atoms with Crippen LogP contribution in [0.25, 0.3) is 0 Å². The molecule has 0 saturated heterocycles. The maximum Gasteiger partial charge on any atom is 0.569 e. The molecule has 0 atom stereocenters. The highest BCUT2D eigenvalue weighted by molar-refractivity contribution is 6.17. The van der Waals surface area contributed by atoms with E-state index in [-0.39, 0.29) is 0 Å². The Balaban J connectivity index is 2.61. The van der Waals surface area contributed by atoms with Crippen LogP contribution in [0.1, 0.15) is 0 Å². The summed E-state index contributed by atoms with van der Waals surface area (Å²) in [6.45, 7) is 0. The maximum atomic E-state index is 8.14. The van der Waals surface area contributed by atoms with Gasteiger partial charge in [0, 0.05) is 6.20 Å². The van der Waals surface area contributed by atoms with Crippen molar-refractivity contribution in [1.82, 2.24) is 4.98 Å². The van der Waals surface area contributed by atoms with E-state index in [1.807, 2.05) is 0 Å². The molecular formula is C5H5BNO2. The van der Waals surface area contributed by atoms with Gasteiger partial charge in [0.15, 0.2) is 0 Å². The van der Waals surface area contributed by atoms with Crippen LogP contribution in [0.15, 0.2) is 24.5 Å². The molecule has 1 N–H and O–H groups in total. The Morgan fingerprint density at radius 3 is 3.11 bits per heavy atom. The molecule has 9 heavy (non-hydrogen) atoms. The topological polar surface area (TPSA) is 42.4 Å². The van der Waals surface area contributed by atoms with Crippen LogP contribution in [0.5, 0.6) is 5.75 Å². The van der Waals surface area contributed by atoms with E-state index >= 15 is 0 Å². The van der Waals surface area contributed by atoms with Crippen LogP contribution in [-0.2, 0) is 0 Å². The van der Waals surface area contributed by atoms with Crippen molar-refractivity contribution in [2.45, 2.75) is 0 Å². The third-order valence-corrected chi connectivity index (χ3v) is 0.823. The van der Waals surface area contributed by atoms with Crippen LogP contribution in [0.4, 0.5) is 0 Å². The zero-order valence-corrected chi connectivity index (χ0v) is 4.69. The van der Waals surface area contributed by atoms with Crippen molar-refractivity contribution in [2.75, 3.05) is 0 Å². The number of hydrogen-bond donors (Lipinski definition) is 1. The summed E-state index contributed by atoms with van der Waals surface area (Å²) < 4.78 is 4.57. The molecule has 1 radical (unpaired) electrons. The van der Waals surface area contributed by atoms with Gasteiger partial charge in [0.05, 0.1) is 6.20 Å². The van der Waals surface area contributed by atoms with E-state index in [9.17, 15) is 0 Å². The summed E-state index contributed by atoms with van der Waals surface area (Å²) in [5, 5.41) is 8.14. The van der Waals surface area contributed by atoms with E-state index in [2.05, 4.69) is 9.64 Å². The third kappa shape index (κ3) is 1.73. The lowest BCUT2D eigenvalue weighted by Crippen LogP contribution is -1.99. The first kappa shape index (κ1) is 6.10. The molecule has 0 saturated carbocycles. The van der Waals surface area contributed by atoms with Crippen LogP contribution in [0.2, 0.25) is 0 Å². The lowest BCUT2D eigenvalue weighted by atomic mass is 10.4. The molecule has 0 aliphatic rings. The van der Waals surface area contributed by atoms with Crippen molar-refractivity contribution in [3.63, 3.8) is 0 Å². The number of rotatable bonds is 2. The van der Waals surface area contributed by atoms with Crippen LogP contribution in [0.3, 0.4) is 0 Å². The highest BCUT2D eigenvalue weighted by Crippen LogP contribution is 2.03. The molecule has 1 aromatic rings. The van der Waals surface area contributed by atoms with Crippen LogP contribution in [0, 0.1) is 0 Å². The van der Waals surface area contributed by atoms with Crippen molar-refractivity contribution in [3.05, 3.63) is 24.5 Å². The average molecular weight is 122 g/mol. The molecule has 0 unspecified atom stereocenters. The first-order valence-corrected chi connectivity index (χ1v) is 2.46. The van der Waals surface area contributed by atoms with Gasteiger partial charge in [-0.1, -0.05) is 0 Å². The van der Waals surface area contributed by atoms with Crippen LogP contribution < -0.4 is 4.65 Å². The van der Waals surface area contributed by atoms with Gasteiger partial charge in [0.1, 0.15) is 5.75 Å². The normalized spacial score (nSPS) is 8.56. The number of hydrogen-bond acceptors (Lipinski definition) is 3. The Kier molecular flexibility index (Phi) is 2.10. The second kappa shape index (κ2) is 3.09. The van der Waals surface area contributed by atoms with Crippen molar-refractivity contribution in [2.24, 2.45) is 0 Å². The molecule has 4 heteroatoms. The second-order valence-corrected chi connectivity index (χ2v) is 1.41. The van der Waals surface area contributed by atoms with Crippen molar-refractivity contribution >= 4 is 7.69 Å². The first-order chi connectivity index (χ1) is 4.43. The molecule has 45 valence electrons. The summed E-state index contributed by atoms with van der Waals surface area (Å²) in [7, 11) is 0.622. The Hall–Kier alpha value is -1.03. The van der Waals surface area contributed by atoms with E-state index in [0.717, 1.165) is 0 Å². The molecule has 1 heterocycles. The van der Waals surface area contributed by atoms with Gasteiger partial charge in [-0.15, -0.1) is 0 Å². The van der Waals surface area contributed by atoms with Gasteiger partial charge in [-0.2, -0.15) is 0 Å². The average Bonchev–Trinajstić information content (AvgIpc) is 1.91. The molecule has 0 aliphatic carbocycles. The number of aromatic nitrogens is 1. The van der Waals surface area contributed by atoms with Crippen LogP contribution in [-0.4, -0.2) is 17.7 Å². The zero-order valence-electron chi connectivity index (χ0n) is 4.69. The van der Waals surface area contributed by atoms with Crippen LogP contribution >= 0.6 is 0 Å². The maximum absolute atomic E-state index is 8.14. The second-order valence-electron chi connectivity index (χ2n) is 1.41. The summed E-state index contributed by atoms with van der Waals surface area (Å²) in [5.41, 5.74) is 0. The van der Waals surface area contributed by atoms with Gasteiger partial charge in [-0.05, 0) is 12.1 Å². The minimum atomic E-state index is 0.528. The van der Waals surface area contributed by atoms with Gasteiger partial charge >= 0.3 is 7.69 Å². The standard InChI is InChI=1S/C5H5BNO2/c8-6-9-5-2-1-3-7-4-5/h1-4,8H. The predicted octanol–water partition coefficient (Wildman–Crippen LogP) is -0.0131. The van der Waals surface area contributed by atoms with E-state index < -0.39 is 0 Å². The monoisotopic (exact) mass is 122 g/mol.